The van der Waals surface area contributed by atoms with Crippen LogP contribution >= 0.6 is 0 Å². The lowest BCUT2D eigenvalue weighted by Crippen LogP contribution is -2.37. The van der Waals surface area contributed by atoms with Gasteiger partial charge < -0.3 is 9.84 Å². The fraction of sp³-hybridized carbons (Fsp3) is 0.667. The van der Waals surface area contributed by atoms with Crippen molar-refractivity contribution < 1.29 is 14.6 Å². The molecule has 3 nitrogen and oxygen atoms in total. The van der Waals surface area contributed by atoms with Crippen LogP contribution in [-0.4, -0.2) is 23.3 Å². The molecular formula is C9H14O3. The highest BCUT2D eigenvalue weighted by molar-refractivity contribution is 5.72. The Morgan fingerprint density at radius 2 is 2.25 bits per heavy atom. The summed E-state index contributed by atoms with van der Waals surface area (Å²) < 4.78 is 5.03. The molecule has 1 heterocycles. The molecule has 0 radical (unpaired) electrons. The zero-order valence-electron chi connectivity index (χ0n) is 7.41. The van der Waals surface area contributed by atoms with E-state index >= 15 is 0 Å². The van der Waals surface area contributed by atoms with Crippen molar-refractivity contribution in [2.24, 2.45) is 5.92 Å². The number of aliphatic hydroxyl groups excluding tert-OH is 1. The number of carbonyl (C=O) groups is 1. The highest BCUT2D eigenvalue weighted by Crippen LogP contribution is 2.24. The van der Waals surface area contributed by atoms with Gasteiger partial charge in [0.05, 0.1) is 12.5 Å². The maximum Gasteiger partial charge on any atom is 0.309 e. The zero-order valence-corrected chi connectivity index (χ0v) is 7.41. The van der Waals surface area contributed by atoms with Gasteiger partial charge in [-0.05, 0) is 11.5 Å². The van der Waals surface area contributed by atoms with E-state index in [9.17, 15) is 9.90 Å². The summed E-state index contributed by atoms with van der Waals surface area (Å²) in [7, 11) is 0. The molecule has 0 aromatic heterocycles. The van der Waals surface area contributed by atoms with Crippen LogP contribution < -0.4 is 0 Å². The molecule has 1 N–H and O–H groups in total. The molecule has 1 aliphatic heterocycles. The zero-order chi connectivity index (χ0) is 9.30. The van der Waals surface area contributed by atoms with E-state index in [-0.39, 0.29) is 24.4 Å². The SMILES string of the molecule is C=C1[C@H](O)CC(=O)O[C@@H]1C(C)C. The van der Waals surface area contributed by atoms with Crippen molar-refractivity contribution >= 4 is 5.97 Å². The quantitative estimate of drug-likeness (QED) is 0.469. The Bertz CT molecular complexity index is 208. The average Bonchev–Trinajstić information content (AvgIpc) is 1.96. The Balaban J connectivity index is 2.73. The van der Waals surface area contributed by atoms with Crippen LogP contribution in [0.3, 0.4) is 0 Å². The van der Waals surface area contributed by atoms with Crippen LogP contribution in [0.5, 0.6) is 0 Å². The van der Waals surface area contributed by atoms with Gasteiger partial charge in [-0.2, -0.15) is 0 Å². The number of rotatable bonds is 1. The first kappa shape index (κ1) is 9.26. The Morgan fingerprint density at radius 3 is 2.75 bits per heavy atom. The van der Waals surface area contributed by atoms with Gasteiger partial charge in [-0.25, -0.2) is 0 Å². The summed E-state index contributed by atoms with van der Waals surface area (Å²) in [4.78, 5) is 10.9. The van der Waals surface area contributed by atoms with Crippen molar-refractivity contribution in [1.82, 2.24) is 0 Å². The number of hydrogen-bond acceptors (Lipinski definition) is 3. The maximum absolute atomic E-state index is 10.9. The van der Waals surface area contributed by atoms with Crippen LogP contribution in [-0.2, 0) is 9.53 Å². The fourth-order valence-electron chi connectivity index (χ4n) is 1.31. The minimum absolute atomic E-state index is 0.0437. The molecule has 1 saturated heterocycles. The summed E-state index contributed by atoms with van der Waals surface area (Å²) in [6, 6.07) is 0. The number of aliphatic hydroxyl groups is 1. The van der Waals surface area contributed by atoms with Crippen LogP contribution in [0.1, 0.15) is 20.3 Å². The largest absolute Gasteiger partial charge is 0.457 e. The van der Waals surface area contributed by atoms with Gasteiger partial charge in [-0.1, -0.05) is 20.4 Å². The van der Waals surface area contributed by atoms with E-state index in [0.29, 0.717) is 5.57 Å². The second-order valence-corrected chi connectivity index (χ2v) is 3.45. The summed E-state index contributed by atoms with van der Waals surface area (Å²) in [6.45, 7) is 7.57. The molecule has 12 heavy (non-hydrogen) atoms. The second-order valence-electron chi connectivity index (χ2n) is 3.45. The lowest BCUT2D eigenvalue weighted by molar-refractivity contribution is -0.156. The molecule has 1 fully saturated rings. The predicted molar refractivity (Wildman–Crippen MR) is 44.5 cm³/mol. The van der Waals surface area contributed by atoms with Crippen LogP contribution in [0.15, 0.2) is 12.2 Å². The fourth-order valence-corrected chi connectivity index (χ4v) is 1.31. The standard InChI is InChI=1S/C9H14O3/c1-5(2)9-6(3)7(10)4-8(11)12-9/h5,7,9-10H,3-4H2,1-2H3/t7-,9-/m1/s1. The number of carbonyl (C=O) groups excluding carboxylic acids is 1. The van der Waals surface area contributed by atoms with E-state index in [1.54, 1.807) is 0 Å². The molecule has 3 heteroatoms. The Hall–Kier alpha value is -0.830. The van der Waals surface area contributed by atoms with Gasteiger partial charge in [0.15, 0.2) is 0 Å². The number of ether oxygens (including phenoxy) is 1. The molecule has 0 spiro atoms. The van der Waals surface area contributed by atoms with Gasteiger partial charge >= 0.3 is 5.97 Å². The van der Waals surface area contributed by atoms with Crippen LogP contribution in [0, 0.1) is 5.92 Å². The molecular weight excluding hydrogens is 156 g/mol. The van der Waals surface area contributed by atoms with Crippen molar-refractivity contribution in [2.75, 3.05) is 0 Å². The first-order chi connectivity index (χ1) is 5.52. The van der Waals surface area contributed by atoms with Gasteiger partial charge in [0.25, 0.3) is 0 Å². The monoisotopic (exact) mass is 170 g/mol. The van der Waals surface area contributed by atoms with Crippen molar-refractivity contribution in [3.8, 4) is 0 Å². The highest BCUT2D eigenvalue weighted by atomic mass is 16.5. The molecule has 1 aliphatic rings. The lowest BCUT2D eigenvalue weighted by atomic mass is 9.92. The van der Waals surface area contributed by atoms with E-state index in [2.05, 4.69) is 6.58 Å². The Kier molecular flexibility index (Phi) is 2.52. The van der Waals surface area contributed by atoms with Crippen LogP contribution in [0.4, 0.5) is 0 Å². The van der Waals surface area contributed by atoms with Gasteiger partial charge in [0, 0.05) is 0 Å². The number of esters is 1. The minimum Gasteiger partial charge on any atom is -0.457 e. The van der Waals surface area contributed by atoms with E-state index in [0.717, 1.165) is 0 Å². The van der Waals surface area contributed by atoms with Gasteiger partial charge in [-0.3, -0.25) is 4.79 Å². The first-order valence-electron chi connectivity index (χ1n) is 4.08. The van der Waals surface area contributed by atoms with E-state index < -0.39 is 6.10 Å². The molecule has 0 aromatic carbocycles. The smallest absolute Gasteiger partial charge is 0.309 e. The summed E-state index contributed by atoms with van der Waals surface area (Å²) in [5.74, 6) is -0.162. The van der Waals surface area contributed by atoms with Crippen LogP contribution in [0.25, 0.3) is 0 Å². The third-order valence-corrected chi connectivity index (χ3v) is 2.02. The second kappa shape index (κ2) is 3.27. The third-order valence-electron chi connectivity index (χ3n) is 2.02. The Labute approximate surface area is 72.0 Å². The summed E-state index contributed by atoms with van der Waals surface area (Å²) in [5.41, 5.74) is 0.615. The number of cyclic esters (lactones) is 1. The van der Waals surface area contributed by atoms with E-state index in [1.807, 2.05) is 13.8 Å². The topological polar surface area (TPSA) is 46.5 Å². The third kappa shape index (κ3) is 1.67. The molecule has 0 bridgehead atoms. The molecule has 1 rings (SSSR count). The minimum atomic E-state index is -0.723. The normalized spacial score (nSPS) is 30.7. The van der Waals surface area contributed by atoms with Crippen molar-refractivity contribution in [2.45, 2.75) is 32.5 Å². The average molecular weight is 170 g/mol. The Morgan fingerprint density at radius 1 is 1.67 bits per heavy atom. The van der Waals surface area contributed by atoms with Gasteiger partial charge in [-0.15, -0.1) is 0 Å². The molecule has 0 aliphatic carbocycles. The molecule has 0 unspecified atom stereocenters. The first-order valence-corrected chi connectivity index (χ1v) is 4.08. The van der Waals surface area contributed by atoms with Gasteiger partial charge in [0.1, 0.15) is 6.10 Å². The molecule has 0 saturated carbocycles. The highest BCUT2D eigenvalue weighted by Gasteiger charge is 2.32. The number of hydrogen-bond donors (Lipinski definition) is 1. The van der Waals surface area contributed by atoms with Crippen LogP contribution in [0.2, 0.25) is 0 Å². The van der Waals surface area contributed by atoms with E-state index in [1.165, 1.54) is 0 Å². The van der Waals surface area contributed by atoms with E-state index in [4.69, 9.17) is 4.74 Å². The summed E-state index contributed by atoms with van der Waals surface area (Å²) in [5, 5.41) is 9.37. The van der Waals surface area contributed by atoms with Crippen molar-refractivity contribution in [3.63, 3.8) is 0 Å². The lowest BCUT2D eigenvalue weighted by Gasteiger charge is -2.30. The predicted octanol–water partition coefficient (Wildman–Crippen LogP) is 0.875. The molecule has 0 amide bonds. The van der Waals surface area contributed by atoms with Gasteiger partial charge in [0.2, 0.25) is 0 Å². The molecule has 2 atom stereocenters. The summed E-state index contributed by atoms with van der Waals surface area (Å²) >= 11 is 0. The summed E-state index contributed by atoms with van der Waals surface area (Å²) in [6.07, 6.45) is -0.998. The molecule has 0 aromatic rings. The molecule has 68 valence electrons. The maximum atomic E-state index is 10.9. The van der Waals surface area contributed by atoms with Crippen molar-refractivity contribution in [3.05, 3.63) is 12.2 Å². The van der Waals surface area contributed by atoms with Crippen molar-refractivity contribution in [1.29, 1.82) is 0 Å².